The molecule has 0 aliphatic heterocycles. The van der Waals surface area contributed by atoms with Crippen LogP contribution in [0, 0.1) is 6.92 Å². The molecule has 0 aliphatic carbocycles. The number of hydrogen-bond donors (Lipinski definition) is 1. The van der Waals surface area contributed by atoms with Crippen LogP contribution in [0.25, 0.3) is 6.08 Å². The van der Waals surface area contributed by atoms with Crippen LogP contribution < -0.4 is 19.5 Å². The third kappa shape index (κ3) is 6.42. The number of carbonyl (C=O) groups excluding carboxylic acids is 2. The molecule has 0 radical (unpaired) electrons. The average molecular weight is 434 g/mol. The van der Waals surface area contributed by atoms with E-state index in [1.807, 2.05) is 13.8 Å². The average Bonchev–Trinajstić information content (AvgIpc) is 2.73. The van der Waals surface area contributed by atoms with Gasteiger partial charge in [0.2, 0.25) is 5.91 Å². The molecule has 0 atom stereocenters. The van der Waals surface area contributed by atoms with E-state index in [0.29, 0.717) is 40.1 Å². The number of ether oxygens (including phenoxy) is 4. The van der Waals surface area contributed by atoms with Gasteiger partial charge in [-0.05, 0) is 61.4 Å². The maximum Gasteiger partial charge on any atom is 0.343 e. The van der Waals surface area contributed by atoms with Gasteiger partial charge in [-0.15, -0.1) is 0 Å². The predicted molar refractivity (Wildman–Crippen MR) is 116 cm³/mol. The lowest BCUT2D eigenvalue weighted by Crippen LogP contribution is -2.13. The molecular formula is C22H24ClNO6. The minimum Gasteiger partial charge on any atom is -0.493 e. The number of benzene rings is 2. The third-order valence-electron chi connectivity index (χ3n) is 4.01. The smallest absolute Gasteiger partial charge is 0.343 e. The Morgan fingerprint density at radius 3 is 2.53 bits per heavy atom. The van der Waals surface area contributed by atoms with Crippen molar-refractivity contribution in [2.75, 3.05) is 32.8 Å². The second-order valence-corrected chi connectivity index (χ2v) is 6.54. The molecule has 0 aliphatic rings. The second-order valence-electron chi connectivity index (χ2n) is 6.13. The molecule has 0 spiro atoms. The fourth-order valence-corrected chi connectivity index (χ4v) is 2.81. The number of halogens is 1. The quantitative estimate of drug-likeness (QED) is 0.470. The van der Waals surface area contributed by atoms with Crippen molar-refractivity contribution < 1.29 is 28.5 Å². The van der Waals surface area contributed by atoms with E-state index in [4.69, 9.17) is 25.8 Å². The van der Waals surface area contributed by atoms with Crippen LogP contribution in [0.3, 0.4) is 0 Å². The molecular weight excluding hydrogens is 410 g/mol. The Hall–Kier alpha value is -3.19. The molecule has 0 heterocycles. The molecule has 2 rings (SSSR count). The van der Waals surface area contributed by atoms with Crippen molar-refractivity contribution in [1.29, 1.82) is 0 Å². The minimum absolute atomic E-state index is 0.182. The highest BCUT2D eigenvalue weighted by molar-refractivity contribution is 6.32. The molecule has 0 aromatic heterocycles. The number of nitrogens with one attached hydrogen (secondary N) is 1. The summed E-state index contributed by atoms with van der Waals surface area (Å²) >= 11 is 6.25. The van der Waals surface area contributed by atoms with Gasteiger partial charge in [0, 0.05) is 11.8 Å². The van der Waals surface area contributed by atoms with E-state index in [1.165, 1.54) is 20.3 Å². The highest BCUT2D eigenvalue weighted by Crippen LogP contribution is 2.36. The lowest BCUT2D eigenvalue weighted by molar-refractivity contribution is -0.142. The lowest BCUT2D eigenvalue weighted by Gasteiger charge is -2.12. The van der Waals surface area contributed by atoms with Crippen molar-refractivity contribution in [3.8, 4) is 17.2 Å². The maximum atomic E-state index is 12.3. The van der Waals surface area contributed by atoms with Gasteiger partial charge in [-0.1, -0.05) is 11.6 Å². The standard InChI is InChI=1S/C22H24ClNO6/c1-5-29-22-17(23)11-15(12-19(22)27-3)6-9-20(25)24-18-8-7-16(10-14(18)2)30-13-21(26)28-4/h6-12H,5,13H2,1-4H3,(H,24,25). The zero-order valence-corrected chi connectivity index (χ0v) is 18.0. The summed E-state index contributed by atoms with van der Waals surface area (Å²) in [5, 5.41) is 3.19. The van der Waals surface area contributed by atoms with Gasteiger partial charge >= 0.3 is 5.97 Å². The van der Waals surface area contributed by atoms with E-state index in [2.05, 4.69) is 10.1 Å². The zero-order chi connectivity index (χ0) is 22.1. The van der Waals surface area contributed by atoms with Crippen molar-refractivity contribution in [3.05, 3.63) is 52.6 Å². The highest BCUT2D eigenvalue weighted by Gasteiger charge is 2.11. The van der Waals surface area contributed by atoms with E-state index in [0.717, 1.165) is 5.56 Å². The highest BCUT2D eigenvalue weighted by atomic mass is 35.5. The second kappa shape index (κ2) is 11.1. The number of hydrogen-bond acceptors (Lipinski definition) is 6. The molecule has 1 N–H and O–H groups in total. The first kappa shape index (κ1) is 23.1. The van der Waals surface area contributed by atoms with Crippen LogP contribution in [0.15, 0.2) is 36.4 Å². The summed E-state index contributed by atoms with van der Waals surface area (Å²) in [6.07, 6.45) is 3.02. The van der Waals surface area contributed by atoms with Crippen LogP contribution in [0.2, 0.25) is 5.02 Å². The Morgan fingerprint density at radius 2 is 1.90 bits per heavy atom. The molecule has 160 valence electrons. The summed E-state index contributed by atoms with van der Waals surface area (Å²) in [5.41, 5.74) is 2.10. The number of aryl methyl sites for hydroxylation is 1. The molecule has 0 saturated carbocycles. The van der Waals surface area contributed by atoms with Crippen molar-refractivity contribution in [1.82, 2.24) is 0 Å². The Labute approximate surface area is 180 Å². The number of carbonyl (C=O) groups is 2. The van der Waals surface area contributed by atoms with Crippen molar-refractivity contribution in [2.24, 2.45) is 0 Å². The Balaban J connectivity index is 2.06. The zero-order valence-electron chi connectivity index (χ0n) is 17.3. The van der Waals surface area contributed by atoms with Gasteiger partial charge in [-0.3, -0.25) is 4.79 Å². The molecule has 8 heteroatoms. The van der Waals surface area contributed by atoms with Gasteiger partial charge in [0.15, 0.2) is 18.1 Å². The van der Waals surface area contributed by atoms with E-state index in [9.17, 15) is 9.59 Å². The van der Waals surface area contributed by atoms with E-state index >= 15 is 0 Å². The van der Waals surface area contributed by atoms with Gasteiger partial charge in [0.1, 0.15) is 5.75 Å². The third-order valence-corrected chi connectivity index (χ3v) is 4.29. The minimum atomic E-state index is -0.471. The van der Waals surface area contributed by atoms with Crippen LogP contribution in [0.4, 0.5) is 5.69 Å². The number of methoxy groups -OCH3 is 2. The number of esters is 1. The Kier molecular flexibility index (Phi) is 8.55. The van der Waals surface area contributed by atoms with Crippen LogP contribution >= 0.6 is 11.6 Å². The fourth-order valence-electron chi connectivity index (χ4n) is 2.53. The van der Waals surface area contributed by atoms with Gasteiger partial charge in [-0.25, -0.2) is 4.79 Å². The fraction of sp³-hybridized carbons (Fsp3) is 0.273. The molecule has 0 fully saturated rings. The molecule has 2 aromatic rings. The van der Waals surface area contributed by atoms with E-state index < -0.39 is 5.97 Å². The summed E-state index contributed by atoms with van der Waals surface area (Å²) in [6, 6.07) is 8.51. The first-order valence-electron chi connectivity index (χ1n) is 9.17. The monoisotopic (exact) mass is 433 g/mol. The predicted octanol–water partition coefficient (Wildman–Crippen LogP) is 4.26. The van der Waals surface area contributed by atoms with Crippen molar-refractivity contribution >= 4 is 35.2 Å². The SMILES string of the molecule is CCOc1c(Cl)cc(C=CC(=O)Nc2ccc(OCC(=O)OC)cc2C)cc1OC. The molecule has 2 aromatic carbocycles. The summed E-state index contributed by atoms with van der Waals surface area (Å²) in [4.78, 5) is 23.5. The first-order valence-corrected chi connectivity index (χ1v) is 9.55. The number of rotatable bonds is 9. The van der Waals surface area contributed by atoms with Gasteiger partial charge in [0.05, 0.1) is 25.8 Å². The summed E-state index contributed by atoms with van der Waals surface area (Å²) in [7, 11) is 2.82. The summed E-state index contributed by atoms with van der Waals surface area (Å²) in [6.45, 7) is 3.95. The summed E-state index contributed by atoms with van der Waals surface area (Å²) < 4.78 is 20.6. The van der Waals surface area contributed by atoms with Crippen LogP contribution in [0.5, 0.6) is 17.2 Å². The molecule has 30 heavy (non-hydrogen) atoms. The van der Waals surface area contributed by atoms with Crippen molar-refractivity contribution in [2.45, 2.75) is 13.8 Å². The largest absolute Gasteiger partial charge is 0.493 e. The number of amides is 1. The normalized spacial score (nSPS) is 10.6. The molecule has 0 unspecified atom stereocenters. The molecule has 0 bridgehead atoms. The van der Waals surface area contributed by atoms with E-state index in [-0.39, 0.29) is 12.5 Å². The number of anilines is 1. The molecule has 7 nitrogen and oxygen atoms in total. The summed E-state index contributed by atoms with van der Waals surface area (Å²) in [5.74, 6) is 0.672. The van der Waals surface area contributed by atoms with Crippen LogP contribution in [-0.4, -0.2) is 39.3 Å². The lowest BCUT2D eigenvalue weighted by atomic mass is 10.1. The van der Waals surface area contributed by atoms with Gasteiger partial charge < -0.3 is 24.3 Å². The maximum absolute atomic E-state index is 12.3. The Bertz CT molecular complexity index is 941. The molecule has 1 amide bonds. The van der Waals surface area contributed by atoms with Crippen LogP contribution in [0.1, 0.15) is 18.1 Å². The van der Waals surface area contributed by atoms with E-state index in [1.54, 1.807) is 36.4 Å². The molecule has 0 saturated heterocycles. The van der Waals surface area contributed by atoms with Crippen LogP contribution in [-0.2, 0) is 14.3 Å². The van der Waals surface area contributed by atoms with Gasteiger partial charge in [0.25, 0.3) is 0 Å². The first-order chi connectivity index (χ1) is 14.4. The Morgan fingerprint density at radius 1 is 1.13 bits per heavy atom. The van der Waals surface area contributed by atoms with Gasteiger partial charge in [-0.2, -0.15) is 0 Å². The van der Waals surface area contributed by atoms with Crippen molar-refractivity contribution in [3.63, 3.8) is 0 Å². The topological polar surface area (TPSA) is 83.1 Å².